The normalized spacial score (nSPS) is 13.0. The Balaban J connectivity index is 3.06. The predicted octanol–water partition coefficient (Wildman–Crippen LogP) is 0.340. The van der Waals surface area contributed by atoms with Crippen LogP contribution in [-0.4, -0.2) is 83.6 Å². The summed E-state index contributed by atoms with van der Waals surface area (Å²) in [6.45, 7) is 8.16. The Labute approximate surface area is 188 Å². The Hall–Kier alpha value is -2.76. The molecule has 0 aliphatic rings. The lowest BCUT2D eigenvalue weighted by Crippen LogP contribution is -2.57. The van der Waals surface area contributed by atoms with Gasteiger partial charge in [0.1, 0.15) is 12.1 Å². The highest BCUT2D eigenvalue weighted by molar-refractivity contribution is 5.90. The number of aromatic nitrogens is 1. The van der Waals surface area contributed by atoms with Gasteiger partial charge in [-0.15, -0.1) is 0 Å². The Morgan fingerprint density at radius 2 is 1.75 bits per heavy atom. The number of pyridine rings is 1. The summed E-state index contributed by atoms with van der Waals surface area (Å²) in [6.07, 6.45) is 1.52. The third-order valence-corrected chi connectivity index (χ3v) is 4.57. The van der Waals surface area contributed by atoms with Crippen LogP contribution < -0.4 is 16.4 Å². The van der Waals surface area contributed by atoms with Crippen molar-refractivity contribution < 1.29 is 29.0 Å². The summed E-state index contributed by atoms with van der Waals surface area (Å²) >= 11 is 0. The van der Waals surface area contributed by atoms with Crippen molar-refractivity contribution in [3.8, 4) is 0 Å². The lowest BCUT2D eigenvalue weighted by atomic mass is 10.0. The van der Waals surface area contributed by atoms with E-state index in [4.69, 9.17) is 20.3 Å². The minimum absolute atomic E-state index is 0.188. The van der Waals surface area contributed by atoms with E-state index in [0.29, 0.717) is 13.2 Å². The maximum atomic E-state index is 13.5. The van der Waals surface area contributed by atoms with E-state index in [1.165, 1.54) is 0 Å². The first kappa shape index (κ1) is 27.3. The van der Waals surface area contributed by atoms with Crippen molar-refractivity contribution in [3.05, 3.63) is 30.1 Å². The molecule has 2 atom stereocenters. The molecule has 0 saturated carbocycles. The smallest absolute Gasteiger partial charge is 0.404 e. The van der Waals surface area contributed by atoms with E-state index in [9.17, 15) is 14.4 Å². The Bertz CT molecular complexity index is 712. The SMILES string of the molecule is CCOC(CN(C(=O)C(Cc1ccncc1)NC(=O)C(N)CNC(=O)O)C(C)C)OCC. The van der Waals surface area contributed by atoms with Gasteiger partial charge in [0.05, 0.1) is 6.54 Å². The van der Waals surface area contributed by atoms with Crippen molar-refractivity contribution in [2.24, 2.45) is 5.73 Å². The fraction of sp³-hybridized carbons (Fsp3) is 0.619. The molecule has 11 nitrogen and oxygen atoms in total. The molecule has 0 saturated heterocycles. The second-order valence-corrected chi connectivity index (χ2v) is 7.34. The van der Waals surface area contributed by atoms with Crippen LogP contribution in [0.4, 0.5) is 4.79 Å². The van der Waals surface area contributed by atoms with Crippen LogP contribution in [0.3, 0.4) is 0 Å². The number of rotatable bonds is 14. The van der Waals surface area contributed by atoms with Crippen molar-refractivity contribution in [2.75, 3.05) is 26.3 Å². The van der Waals surface area contributed by atoms with E-state index in [-0.39, 0.29) is 31.5 Å². The van der Waals surface area contributed by atoms with Crippen molar-refractivity contribution in [2.45, 2.75) is 58.5 Å². The van der Waals surface area contributed by atoms with Gasteiger partial charge in [0.25, 0.3) is 0 Å². The predicted molar refractivity (Wildman–Crippen MR) is 118 cm³/mol. The highest BCUT2D eigenvalue weighted by atomic mass is 16.7. The third kappa shape index (κ3) is 9.58. The summed E-state index contributed by atoms with van der Waals surface area (Å²) < 4.78 is 11.2. The Kier molecular flexibility index (Phi) is 12.2. The number of hydrogen-bond acceptors (Lipinski definition) is 7. The molecular weight excluding hydrogens is 418 g/mol. The van der Waals surface area contributed by atoms with E-state index in [0.717, 1.165) is 5.56 Å². The van der Waals surface area contributed by atoms with Gasteiger partial charge in [0.2, 0.25) is 11.8 Å². The van der Waals surface area contributed by atoms with E-state index >= 15 is 0 Å². The Morgan fingerprint density at radius 3 is 2.25 bits per heavy atom. The summed E-state index contributed by atoms with van der Waals surface area (Å²) in [4.78, 5) is 42.3. The van der Waals surface area contributed by atoms with E-state index in [1.807, 2.05) is 27.7 Å². The van der Waals surface area contributed by atoms with Crippen LogP contribution >= 0.6 is 0 Å². The monoisotopic (exact) mass is 453 g/mol. The summed E-state index contributed by atoms with van der Waals surface area (Å²) in [5.41, 5.74) is 6.59. The molecule has 11 heteroatoms. The minimum Gasteiger partial charge on any atom is -0.465 e. The van der Waals surface area contributed by atoms with Crippen LogP contribution in [0, 0.1) is 0 Å². The second kappa shape index (κ2) is 14.3. The van der Waals surface area contributed by atoms with Gasteiger partial charge < -0.3 is 35.8 Å². The van der Waals surface area contributed by atoms with Gasteiger partial charge in [-0.3, -0.25) is 14.6 Å². The summed E-state index contributed by atoms with van der Waals surface area (Å²) in [6, 6.07) is 1.24. The second-order valence-electron chi connectivity index (χ2n) is 7.34. The summed E-state index contributed by atoms with van der Waals surface area (Å²) in [5.74, 6) is -0.964. The number of carbonyl (C=O) groups excluding carboxylic acids is 2. The van der Waals surface area contributed by atoms with E-state index < -0.39 is 30.4 Å². The lowest BCUT2D eigenvalue weighted by Gasteiger charge is -2.34. The number of carboxylic acid groups (broad SMARTS) is 1. The summed E-state index contributed by atoms with van der Waals surface area (Å²) in [7, 11) is 0. The number of nitrogens with zero attached hydrogens (tertiary/aromatic N) is 2. The zero-order valence-corrected chi connectivity index (χ0v) is 19.1. The summed E-state index contributed by atoms with van der Waals surface area (Å²) in [5, 5.41) is 13.5. The minimum atomic E-state index is -1.29. The zero-order valence-electron chi connectivity index (χ0n) is 19.1. The first-order valence-electron chi connectivity index (χ1n) is 10.6. The first-order chi connectivity index (χ1) is 15.2. The molecular formula is C21H35N5O6. The van der Waals surface area contributed by atoms with Gasteiger partial charge >= 0.3 is 6.09 Å². The highest BCUT2D eigenvalue weighted by Crippen LogP contribution is 2.11. The van der Waals surface area contributed by atoms with Gasteiger partial charge in [-0.2, -0.15) is 0 Å². The van der Waals surface area contributed by atoms with Crippen molar-refractivity contribution >= 4 is 17.9 Å². The standard InChI is InChI=1S/C21H35N5O6/c1-5-31-18(32-6-2)13-26(14(3)4)20(28)17(11-15-7-9-23-10-8-15)25-19(27)16(22)12-24-21(29)30/h7-10,14,16-18,24H,5-6,11-13,22H2,1-4H3,(H,25,27)(H,29,30). The number of amides is 3. The molecule has 1 aromatic heterocycles. The van der Waals surface area contributed by atoms with Gasteiger partial charge in [-0.25, -0.2) is 4.79 Å². The van der Waals surface area contributed by atoms with Crippen LogP contribution in [0.25, 0.3) is 0 Å². The molecule has 0 bridgehead atoms. The number of ether oxygens (including phenoxy) is 2. The molecule has 2 unspecified atom stereocenters. The molecule has 1 aromatic rings. The van der Waals surface area contributed by atoms with Gasteiger partial charge in [0.15, 0.2) is 6.29 Å². The van der Waals surface area contributed by atoms with Crippen LogP contribution in [0.15, 0.2) is 24.5 Å². The molecule has 180 valence electrons. The highest BCUT2D eigenvalue weighted by Gasteiger charge is 2.31. The van der Waals surface area contributed by atoms with Crippen LogP contribution in [0.5, 0.6) is 0 Å². The molecule has 0 aliphatic carbocycles. The quantitative estimate of drug-likeness (QED) is 0.294. The largest absolute Gasteiger partial charge is 0.465 e. The average molecular weight is 454 g/mol. The molecule has 0 aliphatic heterocycles. The van der Waals surface area contributed by atoms with E-state index in [1.54, 1.807) is 29.4 Å². The first-order valence-corrected chi connectivity index (χ1v) is 10.6. The Morgan fingerprint density at radius 1 is 1.16 bits per heavy atom. The maximum absolute atomic E-state index is 13.5. The number of nitrogens with one attached hydrogen (secondary N) is 2. The zero-order chi connectivity index (χ0) is 24.1. The topological polar surface area (TPSA) is 156 Å². The van der Waals surface area contributed by atoms with Gasteiger partial charge in [0, 0.05) is 44.6 Å². The third-order valence-electron chi connectivity index (χ3n) is 4.57. The van der Waals surface area contributed by atoms with Crippen molar-refractivity contribution in [3.63, 3.8) is 0 Å². The van der Waals surface area contributed by atoms with E-state index in [2.05, 4.69) is 15.6 Å². The number of carbonyl (C=O) groups is 3. The average Bonchev–Trinajstić information content (AvgIpc) is 2.75. The molecule has 0 fully saturated rings. The molecule has 1 rings (SSSR count). The molecule has 0 spiro atoms. The van der Waals surface area contributed by atoms with Crippen LogP contribution in [0.1, 0.15) is 33.3 Å². The number of nitrogens with two attached hydrogens (primary N) is 1. The molecule has 0 aromatic carbocycles. The molecule has 5 N–H and O–H groups in total. The molecule has 32 heavy (non-hydrogen) atoms. The lowest BCUT2D eigenvalue weighted by molar-refractivity contribution is -0.163. The van der Waals surface area contributed by atoms with Gasteiger partial charge in [-0.05, 0) is 45.4 Å². The van der Waals surface area contributed by atoms with Crippen molar-refractivity contribution in [1.82, 2.24) is 20.5 Å². The van der Waals surface area contributed by atoms with Crippen LogP contribution in [-0.2, 0) is 25.5 Å². The maximum Gasteiger partial charge on any atom is 0.404 e. The molecule has 3 amide bonds. The van der Waals surface area contributed by atoms with Gasteiger partial charge in [-0.1, -0.05) is 0 Å². The van der Waals surface area contributed by atoms with Crippen LogP contribution in [0.2, 0.25) is 0 Å². The number of hydrogen-bond donors (Lipinski definition) is 4. The molecule has 0 radical (unpaired) electrons. The fourth-order valence-corrected chi connectivity index (χ4v) is 2.96. The van der Waals surface area contributed by atoms with Crippen molar-refractivity contribution in [1.29, 1.82) is 0 Å². The molecule has 1 heterocycles. The fourth-order valence-electron chi connectivity index (χ4n) is 2.96.